The van der Waals surface area contributed by atoms with Crippen LogP contribution in [0.1, 0.15) is 19.8 Å². The van der Waals surface area contributed by atoms with E-state index in [0.29, 0.717) is 49.6 Å². The molecule has 1 amide bonds. The summed E-state index contributed by atoms with van der Waals surface area (Å²) in [5.41, 5.74) is 0.493. The zero-order valence-electron chi connectivity index (χ0n) is 18.3. The number of rotatable bonds is 6. The van der Waals surface area contributed by atoms with Gasteiger partial charge in [-0.15, -0.1) is 0 Å². The highest BCUT2D eigenvalue weighted by atomic mass is 19.1. The smallest absolute Gasteiger partial charge is 0.350 e. The lowest BCUT2D eigenvalue weighted by Crippen LogP contribution is -2.39. The van der Waals surface area contributed by atoms with Gasteiger partial charge in [-0.05, 0) is 56.2 Å². The highest BCUT2D eigenvalue weighted by molar-refractivity contribution is 5.94. The van der Waals surface area contributed by atoms with Crippen LogP contribution in [0.25, 0.3) is 10.9 Å². The molecule has 0 spiro atoms. The molecule has 172 valence electrons. The molecule has 2 heterocycles. The third kappa shape index (κ3) is 5.02. The Morgan fingerprint density at radius 2 is 1.82 bits per heavy atom. The van der Waals surface area contributed by atoms with Crippen molar-refractivity contribution in [1.29, 1.82) is 0 Å². The number of nitrogens with zero attached hydrogens (tertiary/aromatic N) is 3. The largest absolute Gasteiger partial charge is 0.466 e. The minimum atomic E-state index is -0.537. The van der Waals surface area contributed by atoms with Crippen molar-refractivity contribution in [2.75, 3.05) is 29.9 Å². The number of piperidine rings is 1. The molecule has 1 saturated heterocycles. The number of benzene rings is 2. The summed E-state index contributed by atoms with van der Waals surface area (Å²) >= 11 is 0. The fourth-order valence-electron chi connectivity index (χ4n) is 4.07. The van der Waals surface area contributed by atoms with E-state index in [4.69, 9.17) is 4.74 Å². The zero-order chi connectivity index (χ0) is 23.4. The van der Waals surface area contributed by atoms with Crippen molar-refractivity contribution in [3.63, 3.8) is 0 Å². The monoisotopic (exact) mass is 452 g/mol. The highest BCUT2D eigenvalue weighted by Gasteiger charge is 2.28. The molecule has 9 heteroatoms. The number of carbonyl (C=O) groups is 2. The Labute approximate surface area is 190 Å². The molecule has 1 aliphatic rings. The molecule has 2 aromatic carbocycles. The van der Waals surface area contributed by atoms with Gasteiger partial charge in [0.2, 0.25) is 5.91 Å². The molecule has 1 aliphatic heterocycles. The number of anilines is 2. The number of nitrogens with one attached hydrogen (secondary N) is 1. The lowest BCUT2D eigenvalue weighted by atomic mass is 9.97. The van der Waals surface area contributed by atoms with Gasteiger partial charge in [0.05, 0.1) is 18.0 Å². The highest BCUT2D eigenvalue weighted by Crippen LogP contribution is 2.28. The summed E-state index contributed by atoms with van der Waals surface area (Å²) in [6.45, 7) is 3.08. The Balaban J connectivity index is 1.56. The average Bonchev–Trinajstić information content (AvgIpc) is 2.82. The van der Waals surface area contributed by atoms with Gasteiger partial charge < -0.3 is 15.0 Å². The molecule has 0 bridgehead atoms. The van der Waals surface area contributed by atoms with Crippen LogP contribution in [0.5, 0.6) is 0 Å². The van der Waals surface area contributed by atoms with Gasteiger partial charge in [-0.25, -0.2) is 9.18 Å². The predicted molar refractivity (Wildman–Crippen MR) is 123 cm³/mol. The number of aromatic nitrogens is 2. The van der Waals surface area contributed by atoms with E-state index in [-0.39, 0.29) is 18.4 Å². The van der Waals surface area contributed by atoms with Crippen LogP contribution in [0.3, 0.4) is 0 Å². The summed E-state index contributed by atoms with van der Waals surface area (Å²) in [6, 6.07) is 12.7. The van der Waals surface area contributed by atoms with Gasteiger partial charge in [0, 0.05) is 24.2 Å². The van der Waals surface area contributed by atoms with Gasteiger partial charge in [-0.1, -0.05) is 12.1 Å². The second-order valence-corrected chi connectivity index (χ2v) is 7.89. The first kappa shape index (κ1) is 22.4. The first-order valence-corrected chi connectivity index (χ1v) is 10.9. The number of ether oxygens (including phenoxy) is 1. The molecule has 0 unspecified atom stereocenters. The van der Waals surface area contributed by atoms with Gasteiger partial charge in [-0.2, -0.15) is 4.98 Å². The van der Waals surface area contributed by atoms with E-state index in [1.54, 1.807) is 19.1 Å². The van der Waals surface area contributed by atoms with E-state index in [2.05, 4.69) is 10.3 Å². The summed E-state index contributed by atoms with van der Waals surface area (Å²) in [7, 11) is 0. The van der Waals surface area contributed by atoms with Crippen molar-refractivity contribution in [3.05, 3.63) is 64.8 Å². The van der Waals surface area contributed by atoms with E-state index >= 15 is 0 Å². The number of fused-ring (bicyclic) bond motifs is 1. The molecule has 1 fully saturated rings. The van der Waals surface area contributed by atoms with Crippen molar-refractivity contribution in [2.45, 2.75) is 26.3 Å². The van der Waals surface area contributed by atoms with E-state index < -0.39 is 17.4 Å². The molecule has 0 radical (unpaired) electrons. The van der Waals surface area contributed by atoms with Crippen LogP contribution >= 0.6 is 0 Å². The summed E-state index contributed by atoms with van der Waals surface area (Å²) in [4.78, 5) is 43.8. The van der Waals surface area contributed by atoms with Gasteiger partial charge in [0.25, 0.3) is 0 Å². The van der Waals surface area contributed by atoms with Crippen LogP contribution < -0.4 is 15.9 Å². The average molecular weight is 452 g/mol. The molecule has 0 aliphatic carbocycles. The summed E-state index contributed by atoms with van der Waals surface area (Å²) in [6.07, 6.45) is 1.25. The topological polar surface area (TPSA) is 93.5 Å². The minimum absolute atomic E-state index is 0.150. The fourth-order valence-corrected chi connectivity index (χ4v) is 4.07. The van der Waals surface area contributed by atoms with Crippen molar-refractivity contribution >= 4 is 34.3 Å². The Kier molecular flexibility index (Phi) is 6.67. The van der Waals surface area contributed by atoms with E-state index in [1.807, 2.05) is 17.0 Å². The van der Waals surface area contributed by atoms with Gasteiger partial charge >= 0.3 is 11.7 Å². The third-order valence-corrected chi connectivity index (χ3v) is 5.71. The second kappa shape index (κ2) is 9.81. The number of hydrogen-bond donors (Lipinski definition) is 1. The maximum Gasteiger partial charge on any atom is 0.350 e. The van der Waals surface area contributed by atoms with Crippen LogP contribution in [0.15, 0.2) is 53.3 Å². The molecular weight excluding hydrogens is 427 g/mol. The summed E-state index contributed by atoms with van der Waals surface area (Å²) in [5.74, 6) is -0.603. The van der Waals surface area contributed by atoms with Gasteiger partial charge in [-0.3, -0.25) is 14.2 Å². The SMILES string of the molecule is CCOC(=O)C1CCN(c2nc(=O)n(CC(=O)Nc3ccc(F)cc3)c3ccccc23)CC1. The van der Waals surface area contributed by atoms with Crippen molar-refractivity contribution in [1.82, 2.24) is 9.55 Å². The lowest BCUT2D eigenvalue weighted by Gasteiger charge is -2.32. The predicted octanol–water partition coefficient (Wildman–Crippen LogP) is 2.95. The van der Waals surface area contributed by atoms with Crippen molar-refractivity contribution in [3.8, 4) is 0 Å². The molecule has 4 rings (SSSR count). The molecule has 8 nitrogen and oxygen atoms in total. The normalized spacial score (nSPS) is 14.3. The Bertz CT molecular complexity index is 1220. The van der Waals surface area contributed by atoms with Crippen LogP contribution in [0.2, 0.25) is 0 Å². The quantitative estimate of drug-likeness (QED) is 0.578. The summed E-state index contributed by atoms with van der Waals surface area (Å²) < 4.78 is 19.5. The van der Waals surface area contributed by atoms with E-state index in [0.717, 1.165) is 5.39 Å². The molecule has 1 aromatic heterocycles. The standard InChI is InChI=1S/C24H25FN4O4/c1-2-33-23(31)16-11-13-28(14-12-16)22-19-5-3-4-6-20(19)29(24(32)27-22)15-21(30)26-18-9-7-17(25)8-10-18/h3-10,16H,2,11-15H2,1H3,(H,26,30). The first-order chi connectivity index (χ1) is 16.0. The molecular formula is C24H25FN4O4. The van der Waals surface area contributed by atoms with Crippen LogP contribution in [-0.4, -0.2) is 41.1 Å². The Hall–Kier alpha value is -3.75. The Morgan fingerprint density at radius 1 is 1.12 bits per heavy atom. The first-order valence-electron chi connectivity index (χ1n) is 10.9. The van der Waals surface area contributed by atoms with Crippen LogP contribution in [0.4, 0.5) is 15.9 Å². The number of carbonyl (C=O) groups excluding carboxylic acids is 2. The summed E-state index contributed by atoms with van der Waals surface area (Å²) in [5, 5.41) is 3.42. The number of halogens is 1. The van der Waals surface area contributed by atoms with Crippen molar-refractivity contribution in [2.24, 2.45) is 5.92 Å². The molecule has 1 N–H and O–H groups in total. The van der Waals surface area contributed by atoms with Crippen LogP contribution in [0, 0.1) is 11.7 Å². The fraction of sp³-hybridized carbons (Fsp3) is 0.333. The number of amides is 1. The number of esters is 1. The molecule has 33 heavy (non-hydrogen) atoms. The minimum Gasteiger partial charge on any atom is -0.466 e. The second-order valence-electron chi connectivity index (χ2n) is 7.89. The lowest BCUT2D eigenvalue weighted by molar-refractivity contribution is -0.148. The number of hydrogen-bond acceptors (Lipinski definition) is 6. The third-order valence-electron chi connectivity index (χ3n) is 5.71. The van der Waals surface area contributed by atoms with Gasteiger partial charge in [0.15, 0.2) is 0 Å². The molecule has 0 atom stereocenters. The van der Waals surface area contributed by atoms with E-state index in [1.165, 1.54) is 28.8 Å². The van der Waals surface area contributed by atoms with E-state index in [9.17, 15) is 18.8 Å². The molecule has 3 aromatic rings. The Morgan fingerprint density at radius 3 is 2.52 bits per heavy atom. The molecule has 0 saturated carbocycles. The zero-order valence-corrected chi connectivity index (χ0v) is 18.3. The maximum absolute atomic E-state index is 13.1. The van der Waals surface area contributed by atoms with Crippen molar-refractivity contribution < 1.29 is 18.7 Å². The maximum atomic E-state index is 13.1. The number of para-hydroxylation sites is 1. The van der Waals surface area contributed by atoms with Crippen LogP contribution in [-0.2, 0) is 20.9 Å². The van der Waals surface area contributed by atoms with Gasteiger partial charge in [0.1, 0.15) is 18.2 Å².